The molecule has 2 fully saturated rings. The molecular formula is C25H41N7O6. The Hall–Kier alpha value is -3.18. The van der Waals surface area contributed by atoms with Crippen LogP contribution < -0.4 is 16.0 Å². The van der Waals surface area contributed by atoms with Gasteiger partial charge in [-0.2, -0.15) is 0 Å². The van der Waals surface area contributed by atoms with E-state index >= 15 is 0 Å². The summed E-state index contributed by atoms with van der Waals surface area (Å²) < 4.78 is 5.30. The first-order chi connectivity index (χ1) is 17.9. The van der Waals surface area contributed by atoms with Crippen molar-refractivity contribution in [3.05, 3.63) is 10.4 Å². The van der Waals surface area contributed by atoms with Gasteiger partial charge in [0.1, 0.15) is 30.3 Å². The molecule has 2 heterocycles. The molecule has 0 spiro atoms. The molecule has 13 nitrogen and oxygen atoms in total. The van der Waals surface area contributed by atoms with Crippen LogP contribution in [0.5, 0.6) is 0 Å². The van der Waals surface area contributed by atoms with E-state index in [1.54, 1.807) is 6.92 Å². The number of amides is 4. The minimum Gasteiger partial charge on any atom is -0.361 e. The molecule has 13 heteroatoms. The first kappa shape index (κ1) is 31.0. The Labute approximate surface area is 223 Å². The van der Waals surface area contributed by atoms with Gasteiger partial charge in [0.05, 0.1) is 12.6 Å². The van der Waals surface area contributed by atoms with Gasteiger partial charge < -0.3 is 25.6 Å². The van der Waals surface area contributed by atoms with Crippen molar-refractivity contribution in [2.75, 3.05) is 19.7 Å². The molecule has 2 rings (SSSR count). The van der Waals surface area contributed by atoms with Crippen LogP contribution in [0, 0.1) is 5.92 Å². The van der Waals surface area contributed by atoms with Crippen LogP contribution in [0.3, 0.4) is 0 Å². The quantitative estimate of drug-likeness (QED) is 0.123. The van der Waals surface area contributed by atoms with Gasteiger partial charge in [-0.3, -0.25) is 24.0 Å². The van der Waals surface area contributed by atoms with Crippen molar-refractivity contribution in [1.29, 1.82) is 0 Å². The zero-order chi connectivity index (χ0) is 28.5. The summed E-state index contributed by atoms with van der Waals surface area (Å²) in [6.07, 6.45) is 3.34. The second kappa shape index (κ2) is 14.1. The van der Waals surface area contributed by atoms with Gasteiger partial charge >= 0.3 is 0 Å². The fourth-order valence-electron chi connectivity index (χ4n) is 4.54. The van der Waals surface area contributed by atoms with Crippen LogP contribution in [0.2, 0.25) is 0 Å². The molecule has 2 saturated heterocycles. The van der Waals surface area contributed by atoms with E-state index in [0.717, 1.165) is 6.42 Å². The van der Waals surface area contributed by atoms with Crippen molar-refractivity contribution in [1.82, 2.24) is 20.9 Å². The lowest BCUT2D eigenvalue weighted by atomic mass is 9.93. The largest absolute Gasteiger partial charge is 0.361 e. The highest BCUT2D eigenvalue weighted by atomic mass is 16.6. The minimum atomic E-state index is -0.919. The van der Waals surface area contributed by atoms with E-state index in [1.807, 2.05) is 20.8 Å². The Balaban J connectivity index is 2.08. The van der Waals surface area contributed by atoms with E-state index in [4.69, 9.17) is 10.3 Å². The summed E-state index contributed by atoms with van der Waals surface area (Å²) in [5, 5.41) is 11.3. The molecule has 2 aliphatic rings. The maximum absolute atomic E-state index is 13.3. The maximum atomic E-state index is 13.3. The number of azide groups is 1. The smallest absolute Gasteiger partial charge is 0.245 e. The molecule has 3 N–H and O–H groups in total. The molecular weight excluding hydrogens is 494 g/mol. The summed E-state index contributed by atoms with van der Waals surface area (Å²) in [4.78, 5) is 68.3. The number of hydrogen-bond acceptors (Lipinski definition) is 7. The molecule has 38 heavy (non-hydrogen) atoms. The fraction of sp³-hybridized carbons (Fsp3) is 0.800. The molecule has 0 aromatic carbocycles. The second-order valence-corrected chi connectivity index (χ2v) is 10.6. The molecule has 4 amide bonds. The highest BCUT2D eigenvalue weighted by molar-refractivity contribution is 5.98. The standard InChI is InChI=1S/C25H41N7O6/c1-6-7-9-17(22(35)30-18(12-15(2)3)21(34)25(5)14-38-25)29-23(36)19-10-8-11-32(19)24(37)16(4)28-20(33)13-27-31-26/h15-19H,6-14H2,1-5H3,(H,28,33)(H,29,36)(H,30,35). The summed E-state index contributed by atoms with van der Waals surface area (Å²) in [6, 6.07) is -3.30. The Kier molecular flexibility index (Phi) is 11.5. The minimum absolute atomic E-state index is 0.155. The van der Waals surface area contributed by atoms with Crippen molar-refractivity contribution < 1.29 is 28.7 Å². The summed E-state index contributed by atoms with van der Waals surface area (Å²) >= 11 is 0. The molecule has 0 radical (unpaired) electrons. The summed E-state index contributed by atoms with van der Waals surface area (Å²) in [5.41, 5.74) is 7.47. The molecule has 0 aromatic rings. The van der Waals surface area contributed by atoms with Gasteiger partial charge in [-0.25, -0.2) is 0 Å². The van der Waals surface area contributed by atoms with Gasteiger partial charge in [0.2, 0.25) is 23.6 Å². The topological polar surface area (TPSA) is 186 Å². The molecule has 2 aliphatic heterocycles. The van der Waals surface area contributed by atoms with E-state index in [-0.39, 0.29) is 11.7 Å². The third-order valence-electron chi connectivity index (χ3n) is 6.78. The van der Waals surface area contributed by atoms with Gasteiger partial charge in [-0.15, -0.1) is 0 Å². The van der Waals surface area contributed by atoms with Crippen molar-refractivity contribution in [2.24, 2.45) is 11.0 Å². The number of ketones is 1. The summed E-state index contributed by atoms with van der Waals surface area (Å²) in [7, 11) is 0. The molecule has 0 bridgehead atoms. The average molecular weight is 536 g/mol. The lowest BCUT2D eigenvalue weighted by Crippen LogP contribution is -2.57. The Morgan fingerprint density at radius 2 is 1.82 bits per heavy atom. The van der Waals surface area contributed by atoms with Gasteiger partial charge in [0, 0.05) is 11.5 Å². The van der Waals surface area contributed by atoms with Crippen molar-refractivity contribution >= 4 is 29.4 Å². The van der Waals surface area contributed by atoms with Crippen molar-refractivity contribution in [3.63, 3.8) is 0 Å². The third kappa shape index (κ3) is 8.70. The Morgan fingerprint density at radius 1 is 1.13 bits per heavy atom. The summed E-state index contributed by atoms with van der Waals surface area (Å²) in [5.74, 6) is -1.96. The van der Waals surface area contributed by atoms with E-state index in [0.29, 0.717) is 45.3 Å². The van der Waals surface area contributed by atoms with E-state index < -0.39 is 59.9 Å². The Bertz CT molecular complexity index is 944. The normalized spacial score (nSPS) is 22.6. The zero-order valence-corrected chi connectivity index (χ0v) is 23.0. The van der Waals surface area contributed by atoms with Crippen LogP contribution in [-0.4, -0.2) is 83.8 Å². The van der Waals surface area contributed by atoms with Crippen LogP contribution in [0.25, 0.3) is 10.4 Å². The van der Waals surface area contributed by atoms with Gasteiger partial charge in [-0.1, -0.05) is 38.7 Å². The molecule has 5 atom stereocenters. The first-order valence-electron chi connectivity index (χ1n) is 13.3. The number of likely N-dealkylation sites (tertiary alicyclic amines) is 1. The van der Waals surface area contributed by atoms with Gasteiger partial charge in [-0.05, 0) is 51.0 Å². The Morgan fingerprint density at radius 3 is 2.39 bits per heavy atom. The number of epoxide rings is 1. The SMILES string of the molecule is CCCCC(NC(=O)C1CCCN1C(=O)C(C)NC(=O)CN=[N+]=[N-])C(=O)NC(CC(C)C)C(=O)C1(C)CO1. The predicted octanol–water partition coefficient (Wildman–Crippen LogP) is 1.36. The number of unbranched alkanes of at least 4 members (excludes halogenated alkanes) is 1. The maximum Gasteiger partial charge on any atom is 0.245 e. The van der Waals surface area contributed by atoms with E-state index in [9.17, 15) is 24.0 Å². The zero-order valence-electron chi connectivity index (χ0n) is 23.0. The van der Waals surface area contributed by atoms with Crippen molar-refractivity contribution in [3.8, 4) is 0 Å². The number of nitrogens with zero attached hydrogens (tertiary/aromatic N) is 4. The third-order valence-corrected chi connectivity index (χ3v) is 6.78. The van der Waals surface area contributed by atoms with Crippen molar-refractivity contribution in [2.45, 2.75) is 103 Å². The van der Waals surface area contributed by atoms with E-state index in [2.05, 4.69) is 26.0 Å². The number of hydrogen-bond donors (Lipinski definition) is 3. The fourth-order valence-corrected chi connectivity index (χ4v) is 4.54. The molecule has 0 aliphatic carbocycles. The van der Waals surface area contributed by atoms with Crippen LogP contribution in [0.15, 0.2) is 5.11 Å². The number of rotatable bonds is 15. The molecule has 0 saturated carbocycles. The first-order valence-corrected chi connectivity index (χ1v) is 13.3. The second-order valence-electron chi connectivity index (χ2n) is 10.6. The lowest BCUT2D eigenvalue weighted by Gasteiger charge is -2.29. The van der Waals surface area contributed by atoms with Crippen LogP contribution in [-0.2, 0) is 28.7 Å². The number of nitrogens with one attached hydrogen (secondary N) is 3. The summed E-state index contributed by atoms with van der Waals surface area (Å²) in [6.45, 7) is 9.33. The van der Waals surface area contributed by atoms with Crippen LogP contribution >= 0.6 is 0 Å². The highest BCUT2D eigenvalue weighted by Crippen LogP contribution is 2.29. The average Bonchev–Trinajstić information content (AvgIpc) is 3.42. The van der Waals surface area contributed by atoms with Gasteiger partial charge in [0.15, 0.2) is 5.78 Å². The van der Waals surface area contributed by atoms with Gasteiger partial charge in [0.25, 0.3) is 0 Å². The van der Waals surface area contributed by atoms with Crippen LogP contribution in [0.1, 0.15) is 73.1 Å². The van der Waals surface area contributed by atoms with Crippen LogP contribution in [0.4, 0.5) is 0 Å². The molecule has 212 valence electrons. The highest BCUT2D eigenvalue weighted by Gasteiger charge is 2.50. The number of Topliss-reactive ketones (excluding diaryl/α,β-unsaturated/α-hetero) is 1. The number of carbonyl (C=O) groups excluding carboxylic acids is 5. The molecule has 0 aromatic heterocycles. The monoisotopic (exact) mass is 535 g/mol. The lowest BCUT2D eigenvalue weighted by molar-refractivity contribution is -0.141. The number of ether oxygens (including phenoxy) is 1. The molecule has 5 unspecified atom stereocenters. The number of carbonyl (C=O) groups is 5. The predicted molar refractivity (Wildman–Crippen MR) is 139 cm³/mol. The van der Waals surface area contributed by atoms with E-state index in [1.165, 1.54) is 11.8 Å².